The van der Waals surface area contributed by atoms with E-state index in [1.807, 2.05) is 48.5 Å². The van der Waals surface area contributed by atoms with E-state index in [0.29, 0.717) is 25.4 Å². The molecule has 2 aromatic carbocycles. The summed E-state index contributed by atoms with van der Waals surface area (Å²) >= 11 is 0. The molecule has 0 aliphatic rings. The van der Waals surface area contributed by atoms with Gasteiger partial charge in [0, 0.05) is 19.6 Å². The van der Waals surface area contributed by atoms with Crippen molar-refractivity contribution in [3.8, 4) is 5.75 Å². The minimum Gasteiger partial charge on any atom is -0.484 e. The third kappa shape index (κ3) is 5.22. The zero-order chi connectivity index (χ0) is 15.6. The Kier molecular flexibility index (Phi) is 6.45. The second-order valence-corrected chi connectivity index (χ2v) is 5.01. The highest BCUT2D eigenvalue weighted by molar-refractivity contribution is 5.77. The van der Waals surface area contributed by atoms with Crippen LogP contribution in [-0.2, 0) is 11.2 Å². The summed E-state index contributed by atoms with van der Waals surface area (Å²) in [4.78, 5) is 14.0. The third-order valence-electron chi connectivity index (χ3n) is 3.37. The molecule has 0 saturated heterocycles. The van der Waals surface area contributed by atoms with Gasteiger partial charge in [-0.05, 0) is 24.1 Å². The summed E-state index contributed by atoms with van der Waals surface area (Å²) in [5.74, 6) is 0.664. The lowest BCUT2D eigenvalue weighted by Gasteiger charge is -2.22. The average molecular weight is 298 g/mol. The van der Waals surface area contributed by atoms with Gasteiger partial charge in [-0.2, -0.15) is 0 Å². The Morgan fingerprint density at radius 2 is 1.59 bits per heavy atom. The molecule has 116 valence electrons. The number of hydrogen-bond donors (Lipinski definition) is 1. The highest BCUT2D eigenvalue weighted by atomic mass is 16.5. The molecule has 0 unspecified atom stereocenters. The Bertz CT molecular complexity index is 558. The van der Waals surface area contributed by atoms with Crippen molar-refractivity contribution in [1.82, 2.24) is 4.90 Å². The van der Waals surface area contributed by atoms with Gasteiger partial charge >= 0.3 is 0 Å². The molecule has 0 heterocycles. The molecule has 1 amide bonds. The first-order chi connectivity index (χ1) is 10.8. The molecule has 0 atom stereocenters. The third-order valence-corrected chi connectivity index (χ3v) is 3.37. The molecule has 2 rings (SSSR count). The predicted molar refractivity (Wildman–Crippen MR) is 87.7 cm³/mol. The zero-order valence-corrected chi connectivity index (χ0v) is 12.7. The smallest absolute Gasteiger partial charge is 0.260 e. The van der Waals surface area contributed by atoms with Gasteiger partial charge in [0.05, 0.1) is 0 Å². The number of nitrogens with two attached hydrogens (primary N) is 1. The van der Waals surface area contributed by atoms with Crippen molar-refractivity contribution in [3.63, 3.8) is 0 Å². The molecule has 4 nitrogen and oxygen atoms in total. The minimum absolute atomic E-state index is 0.0368. The van der Waals surface area contributed by atoms with Gasteiger partial charge in [0.15, 0.2) is 6.61 Å². The van der Waals surface area contributed by atoms with Crippen LogP contribution in [0.25, 0.3) is 0 Å². The van der Waals surface area contributed by atoms with Gasteiger partial charge in [0.2, 0.25) is 0 Å². The van der Waals surface area contributed by atoms with Gasteiger partial charge in [-0.15, -0.1) is 0 Å². The summed E-state index contributed by atoms with van der Waals surface area (Å²) in [7, 11) is 0. The Hall–Kier alpha value is -2.33. The molecule has 0 bridgehead atoms. The second kappa shape index (κ2) is 8.85. The van der Waals surface area contributed by atoms with E-state index in [0.717, 1.165) is 6.42 Å². The van der Waals surface area contributed by atoms with E-state index in [2.05, 4.69) is 12.1 Å². The Balaban J connectivity index is 1.85. The van der Waals surface area contributed by atoms with Crippen LogP contribution in [0.15, 0.2) is 60.7 Å². The largest absolute Gasteiger partial charge is 0.484 e. The van der Waals surface area contributed by atoms with Gasteiger partial charge in [0.1, 0.15) is 5.75 Å². The van der Waals surface area contributed by atoms with Crippen molar-refractivity contribution in [2.45, 2.75) is 6.42 Å². The van der Waals surface area contributed by atoms with E-state index < -0.39 is 0 Å². The monoisotopic (exact) mass is 298 g/mol. The van der Waals surface area contributed by atoms with Crippen molar-refractivity contribution < 1.29 is 9.53 Å². The zero-order valence-electron chi connectivity index (χ0n) is 12.7. The predicted octanol–water partition coefficient (Wildman–Crippen LogP) is 2.10. The van der Waals surface area contributed by atoms with Crippen molar-refractivity contribution in [2.75, 3.05) is 26.2 Å². The van der Waals surface area contributed by atoms with Gasteiger partial charge in [-0.1, -0.05) is 48.5 Å². The highest BCUT2D eigenvalue weighted by Gasteiger charge is 2.13. The van der Waals surface area contributed by atoms with E-state index in [1.54, 1.807) is 4.90 Å². The highest BCUT2D eigenvalue weighted by Crippen LogP contribution is 2.08. The molecule has 2 N–H and O–H groups in total. The first-order valence-electron chi connectivity index (χ1n) is 7.49. The van der Waals surface area contributed by atoms with Crippen molar-refractivity contribution in [2.24, 2.45) is 5.73 Å². The van der Waals surface area contributed by atoms with E-state index in [4.69, 9.17) is 10.5 Å². The van der Waals surface area contributed by atoms with Crippen molar-refractivity contribution in [3.05, 3.63) is 66.2 Å². The molecule has 0 aliphatic carbocycles. The van der Waals surface area contributed by atoms with Crippen LogP contribution in [0.2, 0.25) is 0 Å². The standard InChI is InChI=1S/C18H22N2O2/c19-12-14-20(13-11-16-7-3-1-4-8-16)18(21)15-22-17-9-5-2-6-10-17/h1-10H,11-15,19H2. The molecule has 0 aromatic heterocycles. The average Bonchev–Trinajstić information content (AvgIpc) is 2.58. The van der Waals surface area contributed by atoms with Gasteiger partial charge in [-0.25, -0.2) is 0 Å². The number of hydrogen-bond acceptors (Lipinski definition) is 3. The number of amides is 1. The van der Waals surface area contributed by atoms with Crippen LogP contribution in [-0.4, -0.2) is 37.0 Å². The van der Waals surface area contributed by atoms with E-state index in [-0.39, 0.29) is 12.5 Å². The number of ether oxygens (including phenoxy) is 1. The normalized spacial score (nSPS) is 10.2. The number of nitrogens with zero attached hydrogens (tertiary/aromatic N) is 1. The van der Waals surface area contributed by atoms with Crippen LogP contribution in [0, 0.1) is 0 Å². The second-order valence-electron chi connectivity index (χ2n) is 5.01. The summed E-state index contributed by atoms with van der Waals surface area (Å²) in [5.41, 5.74) is 6.82. The first kappa shape index (κ1) is 16.0. The Morgan fingerprint density at radius 1 is 0.955 bits per heavy atom. The molecule has 0 spiro atoms. The van der Waals surface area contributed by atoms with Crippen LogP contribution in [0.3, 0.4) is 0 Å². The Labute approximate surface area is 131 Å². The number of rotatable bonds is 8. The fraction of sp³-hybridized carbons (Fsp3) is 0.278. The SMILES string of the molecule is NCCN(CCc1ccccc1)C(=O)COc1ccccc1. The van der Waals surface area contributed by atoms with Gasteiger partial charge < -0.3 is 15.4 Å². The molecule has 22 heavy (non-hydrogen) atoms. The maximum Gasteiger partial charge on any atom is 0.260 e. The molecule has 0 radical (unpaired) electrons. The van der Waals surface area contributed by atoms with E-state index in [1.165, 1.54) is 5.56 Å². The minimum atomic E-state index is -0.0368. The maximum absolute atomic E-state index is 12.3. The summed E-state index contributed by atoms with van der Waals surface area (Å²) in [6.45, 7) is 1.69. The number of carbonyl (C=O) groups excluding carboxylic acids is 1. The quantitative estimate of drug-likeness (QED) is 0.812. The molecule has 2 aromatic rings. The number of carbonyl (C=O) groups is 1. The fourth-order valence-electron chi connectivity index (χ4n) is 2.18. The van der Waals surface area contributed by atoms with Gasteiger partial charge in [-0.3, -0.25) is 4.79 Å². The first-order valence-corrected chi connectivity index (χ1v) is 7.49. The van der Waals surface area contributed by atoms with Crippen LogP contribution >= 0.6 is 0 Å². The lowest BCUT2D eigenvalue weighted by atomic mass is 10.1. The molecule has 4 heteroatoms. The molecular formula is C18H22N2O2. The molecular weight excluding hydrogens is 276 g/mol. The van der Waals surface area contributed by atoms with Crippen molar-refractivity contribution >= 4 is 5.91 Å². The summed E-state index contributed by atoms with van der Waals surface area (Å²) in [6.07, 6.45) is 0.817. The van der Waals surface area contributed by atoms with Crippen molar-refractivity contribution in [1.29, 1.82) is 0 Å². The van der Waals surface area contributed by atoms with Crippen LogP contribution < -0.4 is 10.5 Å². The molecule has 0 saturated carbocycles. The van der Waals surface area contributed by atoms with Crippen LogP contribution in [0.5, 0.6) is 5.75 Å². The van der Waals surface area contributed by atoms with Crippen LogP contribution in [0.4, 0.5) is 0 Å². The number of para-hydroxylation sites is 1. The lowest BCUT2D eigenvalue weighted by molar-refractivity contribution is -0.133. The summed E-state index contributed by atoms with van der Waals surface area (Å²) in [6, 6.07) is 19.5. The van der Waals surface area contributed by atoms with E-state index in [9.17, 15) is 4.79 Å². The fourth-order valence-corrected chi connectivity index (χ4v) is 2.18. The van der Waals surface area contributed by atoms with Crippen LogP contribution in [0.1, 0.15) is 5.56 Å². The number of benzene rings is 2. The molecule has 0 fully saturated rings. The van der Waals surface area contributed by atoms with E-state index >= 15 is 0 Å². The molecule has 0 aliphatic heterocycles. The Morgan fingerprint density at radius 3 is 2.23 bits per heavy atom. The summed E-state index contributed by atoms with van der Waals surface area (Å²) in [5, 5.41) is 0. The maximum atomic E-state index is 12.3. The summed E-state index contributed by atoms with van der Waals surface area (Å²) < 4.78 is 5.52. The lowest BCUT2D eigenvalue weighted by Crippen LogP contribution is -2.39. The topological polar surface area (TPSA) is 55.6 Å². The van der Waals surface area contributed by atoms with Gasteiger partial charge in [0.25, 0.3) is 5.91 Å².